The van der Waals surface area contributed by atoms with Crippen LogP contribution in [0.4, 0.5) is 4.39 Å². The van der Waals surface area contributed by atoms with Gasteiger partial charge in [-0.1, -0.05) is 138 Å². The number of halogens is 1. The third-order valence-corrected chi connectivity index (χ3v) is 11.9. The second kappa shape index (κ2) is 16.9. The third-order valence-electron chi connectivity index (χ3n) is 11.9. The van der Waals surface area contributed by atoms with Gasteiger partial charge in [-0.15, -0.1) is 42.0 Å². The fourth-order valence-corrected chi connectivity index (χ4v) is 8.57. The Bertz CT molecular complexity index is 3430. The fourth-order valence-electron chi connectivity index (χ4n) is 8.57. The summed E-state index contributed by atoms with van der Waals surface area (Å²) in [5.74, 6) is 0.840. The van der Waals surface area contributed by atoms with Gasteiger partial charge in [0.2, 0.25) is 0 Å². The van der Waals surface area contributed by atoms with Gasteiger partial charge in [-0.3, -0.25) is 14.4 Å². The van der Waals surface area contributed by atoms with Crippen molar-refractivity contribution in [2.45, 2.75) is 86.4 Å². The van der Waals surface area contributed by atoms with Crippen molar-refractivity contribution >= 4 is 54.5 Å². The van der Waals surface area contributed by atoms with E-state index in [1.165, 1.54) is 50.0 Å². The summed E-state index contributed by atoms with van der Waals surface area (Å²) in [4.78, 5) is 14.2. The molecular weight excluding hydrogens is 956 g/mol. The number of imidazole rings is 1. The molecule has 0 saturated carbocycles. The zero-order valence-corrected chi connectivity index (χ0v) is 39.4. The van der Waals surface area contributed by atoms with Crippen LogP contribution in [0.25, 0.3) is 82.8 Å². The molecule has 0 fully saturated rings. The van der Waals surface area contributed by atoms with Gasteiger partial charge in [0, 0.05) is 53.5 Å². The summed E-state index contributed by atoms with van der Waals surface area (Å²) in [5.41, 5.74) is 12.0. The van der Waals surface area contributed by atoms with Crippen molar-refractivity contribution in [2.24, 2.45) is 0 Å². The number of furan rings is 1. The summed E-state index contributed by atoms with van der Waals surface area (Å²) in [6.45, 7) is 17.1. The van der Waals surface area contributed by atoms with E-state index in [1.807, 2.05) is 24.4 Å². The number of fused-ring (bicyclic) bond motifs is 7. The van der Waals surface area contributed by atoms with Crippen LogP contribution in [0.15, 0.2) is 120 Å². The van der Waals surface area contributed by atoms with E-state index in [9.17, 15) is 4.39 Å². The molecule has 10 aromatic rings. The molecule has 0 N–H and O–H groups in total. The molecule has 0 spiro atoms. The topological polar surface area (TPSA) is 56.7 Å². The number of para-hydroxylation sites is 1. The summed E-state index contributed by atoms with van der Waals surface area (Å²) in [5, 5.41) is 7.03. The molecule has 0 saturated heterocycles. The first-order chi connectivity index (χ1) is 30.9. The van der Waals surface area contributed by atoms with Crippen molar-refractivity contribution in [1.29, 1.82) is 0 Å². The van der Waals surface area contributed by atoms with Crippen LogP contribution in [0, 0.1) is 38.6 Å². The van der Waals surface area contributed by atoms with Crippen molar-refractivity contribution in [1.82, 2.24) is 19.5 Å². The summed E-state index contributed by atoms with van der Waals surface area (Å²) < 4.78 is 45.0. The van der Waals surface area contributed by atoms with Gasteiger partial charge in [-0.2, -0.15) is 0 Å². The average Bonchev–Trinajstić information content (AvgIpc) is 3.84. The fraction of sp³-hybridized carbons (Fsp3) is 0.232. The van der Waals surface area contributed by atoms with E-state index in [4.69, 9.17) is 18.5 Å². The van der Waals surface area contributed by atoms with E-state index in [1.54, 1.807) is 12.3 Å². The monoisotopic (exact) mass is 1010 g/mol. The van der Waals surface area contributed by atoms with Crippen molar-refractivity contribution in [3.63, 3.8) is 0 Å². The second-order valence-electron chi connectivity index (χ2n) is 18.0. The van der Waals surface area contributed by atoms with Gasteiger partial charge < -0.3 is 14.0 Å². The normalized spacial score (nSPS) is 12.8. The summed E-state index contributed by atoms with van der Waals surface area (Å²) in [6.07, 6.45) is 3.56. The van der Waals surface area contributed by atoms with Gasteiger partial charge in [-0.25, -0.2) is 0 Å². The zero-order valence-electron chi connectivity index (χ0n) is 40.0. The summed E-state index contributed by atoms with van der Waals surface area (Å²) >= 11 is 0. The molecule has 0 atom stereocenters. The van der Waals surface area contributed by atoms with Gasteiger partial charge in [0.25, 0.3) is 0 Å². The molecule has 319 valence electrons. The molecule has 0 aliphatic rings. The zero-order chi connectivity index (χ0) is 46.1. The molecule has 4 heterocycles. The molecule has 1 radical (unpaired) electrons. The Morgan fingerprint density at radius 2 is 1.49 bits per heavy atom. The Kier molecular flexibility index (Phi) is 10.7. The smallest absolute Gasteiger partial charge is 0.121 e. The minimum Gasteiger partial charge on any atom is -0.501 e. The summed E-state index contributed by atoms with van der Waals surface area (Å²) in [7, 11) is 0. The first kappa shape index (κ1) is 39.8. The number of pyridine rings is 2. The molecule has 10 rings (SSSR count). The maximum Gasteiger partial charge on any atom is 0.121 e. The Balaban J connectivity index is 0.000000228. The van der Waals surface area contributed by atoms with Crippen LogP contribution >= 0.6 is 0 Å². The number of nitrogens with zero attached hydrogens (tertiary/aromatic N) is 4. The largest absolute Gasteiger partial charge is 0.501 e. The van der Waals surface area contributed by atoms with E-state index >= 15 is 0 Å². The van der Waals surface area contributed by atoms with E-state index < -0.39 is 12.7 Å². The Hall–Kier alpha value is -6.01. The van der Waals surface area contributed by atoms with E-state index in [0.29, 0.717) is 17.5 Å². The van der Waals surface area contributed by atoms with Gasteiger partial charge in [-0.05, 0) is 93.2 Å². The molecule has 5 nitrogen and oxygen atoms in total. The number of rotatable bonds is 5. The van der Waals surface area contributed by atoms with Gasteiger partial charge in [0.1, 0.15) is 5.58 Å². The van der Waals surface area contributed by atoms with Crippen LogP contribution < -0.4 is 0 Å². The van der Waals surface area contributed by atoms with Gasteiger partial charge >= 0.3 is 0 Å². The van der Waals surface area contributed by atoms with Crippen LogP contribution in [0.5, 0.6) is 0 Å². The minimum atomic E-state index is -2.33. The van der Waals surface area contributed by atoms with Gasteiger partial charge in [0.05, 0.1) is 28.1 Å². The maximum atomic E-state index is 14.1. The Labute approximate surface area is 387 Å². The SMILES string of the molecule is Cc1ccc2c(ccc3cc4c(cc32)oc2c(-c3nc5ccnc(C)c5n3-c3c(C(C)C)cccc3C(C)C)[c-]ccc24)c1.[2H]C([2H])([2H])c1c[c-]c(-c2ccc(C(C)(C)C)cn2)c(F)c1.[Ir]. The van der Waals surface area contributed by atoms with E-state index in [0.717, 1.165) is 61.7 Å². The number of benzene rings is 6. The van der Waals surface area contributed by atoms with Crippen molar-refractivity contribution in [3.05, 3.63) is 167 Å². The number of aromatic nitrogens is 4. The Morgan fingerprint density at radius 3 is 2.16 bits per heavy atom. The first-order valence-electron chi connectivity index (χ1n) is 22.7. The molecule has 0 aliphatic carbocycles. The predicted octanol–water partition coefficient (Wildman–Crippen LogP) is 15.2. The van der Waals surface area contributed by atoms with Crippen LogP contribution in [-0.2, 0) is 25.5 Å². The molecule has 0 amide bonds. The number of hydrogen-bond acceptors (Lipinski definition) is 4. The maximum absolute atomic E-state index is 14.1. The van der Waals surface area contributed by atoms with Crippen molar-refractivity contribution < 1.29 is 33.0 Å². The summed E-state index contributed by atoms with van der Waals surface area (Å²) in [6, 6.07) is 40.5. The molecule has 4 aromatic heterocycles. The van der Waals surface area contributed by atoms with Crippen molar-refractivity contribution in [3.8, 4) is 28.3 Å². The molecular formula is C56H51FIrN4O-2. The third kappa shape index (κ3) is 7.98. The first-order valence-corrected chi connectivity index (χ1v) is 21.2. The van der Waals surface area contributed by atoms with Crippen LogP contribution in [0.2, 0.25) is 0 Å². The van der Waals surface area contributed by atoms with Crippen LogP contribution in [0.1, 0.15) is 97.9 Å². The van der Waals surface area contributed by atoms with E-state index in [2.05, 4.69) is 151 Å². The Morgan fingerprint density at radius 1 is 0.746 bits per heavy atom. The molecule has 63 heavy (non-hydrogen) atoms. The minimum absolute atomic E-state index is 0. The average molecular weight is 1010 g/mol. The van der Waals surface area contributed by atoms with E-state index in [-0.39, 0.29) is 36.6 Å². The number of hydrogen-bond donors (Lipinski definition) is 0. The number of aryl methyl sites for hydroxylation is 3. The van der Waals surface area contributed by atoms with Gasteiger partial charge in [0.15, 0.2) is 0 Å². The standard InChI is InChI=1S/C40H34N3O.C16H17FN.Ir/c1-22(2)28-9-7-10-29(23(3)4)38(28)43-37-25(6)41-18-17-35(37)42-40(43)32-12-8-11-31-34-20-27-15-14-26-19-24(5)13-16-30(26)33(27)21-36(34)44-39(31)32;1-11-5-7-13(14(17)9-11)15-8-6-12(10-18-15)16(2,3)4;/h7-11,13-23H,1-6H3;5-6,8-10H,1-4H3;/q2*-1;/i;1D3;. The van der Waals surface area contributed by atoms with Crippen LogP contribution in [0.3, 0.4) is 0 Å². The molecule has 0 aliphatic heterocycles. The molecule has 7 heteroatoms. The van der Waals surface area contributed by atoms with Crippen molar-refractivity contribution in [2.75, 3.05) is 0 Å². The quantitative estimate of drug-likeness (QED) is 0.127. The second-order valence-corrected chi connectivity index (χ2v) is 18.0. The predicted molar refractivity (Wildman–Crippen MR) is 255 cm³/mol. The molecule has 0 unspecified atom stereocenters. The molecule has 6 aromatic carbocycles. The molecule has 0 bridgehead atoms. The van der Waals surface area contributed by atoms with Crippen LogP contribution in [-0.4, -0.2) is 19.5 Å².